The van der Waals surface area contributed by atoms with E-state index in [1.165, 1.54) is 5.56 Å². The first-order valence-corrected chi connectivity index (χ1v) is 12.9. The Hall–Kier alpha value is -2.90. The molecule has 36 heavy (non-hydrogen) atoms. The summed E-state index contributed by atoms with van der Waals surface area (Å²) in [6.07, 6.45) is 1.77. The highest BCUT2D eigenvalue weighted by atomic mass is 16.6. The lowest BCUT2D eigenvalue weighted by Crippen LogP contribution is -2.43. The lowest BCUT2D eigenvalue weighted by Gasteiger charge is -2.34. The Bertz CT molecular complexity index is 1220. The van der Waals surface area contributed by atoms with E-state index in [1.807, 2.05) is 46.0 Å². The number of nitrogens with zero attached hydrogens (tertiary/aromatic N) is 2. The van der Waals surface area contributed by atoms with E-state index < -0.39 is 11.0 Å². The van der Waals surface area contributed by atoms with Crippen LogP contribution in [0, 0.1) is 17.3 Å². The molecule has 2 aliphatic carbocycles. The van der Waals surface area contributed by atoms with Crippen LogP contribution in [0.15, 0.2) is 42.5 Å². The number of methoxy groups -OCH3 is 1. The van der Waals surface area contributed by atoms with Crippen molar-refractivity contribution in [3.63, 3.8) is 0 Å². The number of hydrogen-bond donors (Lipinski definition) is 1. The number of carbonyl (C=O) groups is 2. The normalized spacial score (nSPS) is 30.4. The van der Waals surface area contributed by atoms with E-state index in [2.05, 4.69) is 34.7 Å². The Morgan fingerprint density at radius 3 is 2.61 bits per heavy atom. The van der Waals surface area contributed by atoms with Crippen LogP contribution in [0.25, 0.3) is 0 Å². The number of benzene rings is 2. The second kappa shape index (κ2) is 8.05. The molecule has 0 bridgehead atoms. The van der Waals surface area contributed by atoms with Crippen molar-refractivity contribution in [2.24, 2.45) is 17.3 Å². The third-order valence-electron chi connectivity index (χ3n) is 8.36. The standard InChI is InChI=1S/C29H35N3O4/c1-28(2,3)36-27(34)29-14-19(29)16-32(25(29)17-9-7-6-8-10-17)30-15-18-11-23-21(13-24(18)35-5)20-12-22(20)26(33)31(23)4/h6-11,13,19-20,22,25,30H,12,14-16H2,1-5H3/t19-,20+,22+,25+,29-/m1/s1. The number of ether oxygens (including phenoxy) is 2. The Labute approximate surface area is 212 Å². The number of hydrogen-bond acceptors (Lipinski definition) is 6. The van der Waals surface area contributed by atoms with Gasteiger partial charge in [0.15, 0.2) is 0 Å². The molecule has 1 amide bonds. The average molecular weight is 490 g/mol. The topological polar surface area (TPSA) is 71.1 Å². The number of carbonyl (C=O) groups excluding carboxylic acids is 2. The van der Waals surface area contributed by atoms with Gasteiger partial charge >= 0.3 is 5.97 Å². The van der Waals surface area contributed by atoms with Gasteiger partial charge in [0.2, 0.25) is 5.91 Å². The molecule has 1 N–H and O–H groups in total. The van der Waals surface area contributed by atoms with E-state index >= 15 is 0 Å². The summed E-state index contributed by atoms with van der Waals surface area (Å²) in [4.78, 5) is 27.9. The summed E-state index contributed by atoms with van der Waals surface area (Å²) in [5.41, 5.74) is 6.85. The smallest absolute Gasteiger partial charge is 0.314 e. The number of esters is 1. The minimum atomic E-state index is -0.533. The highest BCUT2D eigenvalue weighted by molar-refractivity contribution is 6.01. The first-order chi connectivity index (χ1) is 17.1. The molecule has 5 atom stereocenters. The SMILES string of the molecule is COc1cc2c(cc1CNN1C[C@H]3C[C@]3(C(=O)OC(C)(C)C)[C@@H]1c1ccccc1)N(C)C(=O)[C@H]1C[C@@H]21. The van der Waals surface area contributed by atoms with Crippen molar-refractivity contribution in [2.75, 3.05) is 25.6 Å². The predicted molar refractivity (Wildman–Crippen MR) is 136 cm³/mol. The molecule has 0 aromatic heterocycles. The molecular formula is C29H35N3O4. The van der Waals surface area contributed by atoms with Gasteiger partial charge in [0.05, 0.1) is 18.6 Å². The van der Waals surface area contributed by atoms with Crippen molar-refractivity contribution in [3.05, 3.63) is 59.2 Å². The number of nitrogens with one attached hydrogen (secondary N) is 1. The summed E-state index contributed by atoms with van der Waals surface area (Å²) in [5, 5.41) is 2.21. The summed E-state index contributed by atoms with van der Waals surface area (Å²) in [7, 11) is 3.56. The van der Waals surface area contributed by atoms with Crippen LogP contribution in [-0.4, -0.2) is 43.2 Å². The van der Waals surface area contributed by atoms with Crippen LogP contribution < -0.4 is 15.1 Å². The van der Waals surface area contributed by atoms with Gasteiger partial charge in [-0.2, -0.15) is 0 Å². The zero-order valence-electron chi connectivity index (χ0n) is 21.7. The Kier molecular flexibility index (Phi) is 5.25. The summed E-state index contributed by atoms with van der Waals surface area (Å²) in [6, 6.07) is 14.3. The molecule has 0 spiro atoms. The number of fused-ring (bicyclic) bond motifs is 4. The molecule has 2 heterocycles. The zero-order valence-corrected chi connectivity index (χ0v) is 21.7. The molecule has 6 rings (SSSR count). The van der Waals surface area contributed by atoms with Crippen LogP contribution in [-0.2, 0) is 20.9 Å². The lowest BCUT2D eigenvalue weighted by atomic mass is 9.90. The van der Waals surface area contributed by atoms with Crippen molar-refractivity contribution in [2.45, 2.75) is 57.7 Å². The first-order valence-electron chi connectivity index (χ1n) is 12.9. The Balaban J connectivity index is 1.28. The molecule has 4 aliphatic rings. The molecule has 1 saturated heterocycles. The van der Waals surface area contributed by atoms with Crippen LogP contribution in [0.1, 0.15) is 62.3 Å². The molecular weight excluding hydrogens is 454 g/mol. The highest BCUT2D eigenvalue weighted by Crippen LogP contribution is 2.67. The predicted octanol–water partition coefficient (Wildman–Crippen LogP) is 4.18. The minimum Gasteiger partial charge on any atom is -0.496 e. The molecule has 3 fully saturated rings. The molecule has 0 unspecified atom stereocenters. The number of piperidine rings is 1. The van der Waals surface area contributed by atoms with E-state index in [0.717, 1.165) is 42.0 Å². The molecule has 7 nitrogen and oxygen atoms in total. The van der Waals surface area contributed by atoms with Crippen molar-refractivity contribution >= 4 is 17.6 Å². The molecule has 2 saturated carbocycles. The number of hydrazine groups is 1. The van der Waals surface area contributed by atoms with Crippen molar-refractivity contribution in [1.29, 1.82) is 0 Å². The summed E-state index contributed by atoms with van der Waals surface area (Å²) >= 11 is 0. The van der Waals surface area contributed by atoms with Gasteiger partial charge in [-0.1, -0.05) is 30.3 Å². The molecule has 2 aromatic carbocycles. The van der Waals surface area contributed by atoms with E-state index in [1.54, 1.807) is 12.0 Å². The number of anilines is 1. The van der Waals surface area contributed by atoms with Gasteiger partial charge in [0.1, 0.15) is 11.4 Å². The van der Waals surface area contributed by atoms with Crippen molar-refractivity contribution in [3.8, 4) is 5.75 Å². The van der Waals surface area contributed by atoms with Crippen molar-refractivity contribution in [1.82, 2.24) is 10.4 Å². The highest BCUT2D eigenvalue weighted by Gasteiger charge is 2.72. The summed E-state index contributed by atoms with van der Waals surface area (Å²) in [5.74, 6) is 1.64. The Morgan fingerprint density at radius 2 is 1.92 bits per heavy atom. The van der Waals surface area contributed by atoms with Gasteiger partial charge in [-0.3, -0.25) is 15.0 Å². The maximum absolute atomic E-state index is 13.5. The van der Waals surface area contributed by atoms with Gasteiger partial charge in [0, 0.05) is 37.3 Å². The molecule has 2 aliphatic heterocycles. The van der Waals surface area contributed by atoms with Gasteiger partial charge < -0.3 is 14.4 Å². The molecule has 0 radical (unpaired) electrons. The zero-order chi connectivity index (χ0) is 25.4. The van der Waals surface area contributed by atoms with Crippen LogP contribution in [0.3, 0.4) is 0 Å². The fraction of sp³-hybridized carbons (Fsp3) is 0.517. The summed E-state index contributed by atoms with van der Waals surface area (Å²) < 4.78 is 11.7. The lowest BCUT2D eigenvalue weighted by molar-refractivity contribution is -0.164. The van der Waals surface area contributed by atoms with E-state index in [-0.39, 0.29) is 29.8 Å². The van der Waals surface area contributed by atoms with Crippen LogP contribution in [0.5, 0.6) is 5.75 Å². The van der Waals surface area contributed by atoms with Gasteiger partial charge in [-0.25, -0.2) is 5.01 Å². The van der Waals surface area contributed by atoms with Crippen LogP contribution in [0.4, 0.5) is 5.69 Å². The van der Waals surface area contributed by atoms with E-state index in [0.29, 0.717) is 12.5 Å². The average Bonchev–Trinajstić information content (AvgIpc) is 3.76. The van der Waals surface area contributed by atoms with E-state index in [9.17, 15) is 9.59 Å². The maximum atomic E-state index is 13.5. The second-order valence-corrected chi connectivity index (χ2v) is 11.8. The monoisotopic (exact) mass is 489 g/mol. The third-order valence-corrected chi connectivity index (χ3v) is 8.36. The molecule has 2 aromatic rings. The largest absolute Gasteiger partial charge is 0.496 e. The van der Waals surface area contributed by atoms with E-state index in [4.69, 9.17) is 9.47 Å². The van der Waals surface area contributed by atoms with Gasteiger partial charge in [0.25, 0.3) is 0 Å². The van der Waals surface area contributed by atoms with Crippen molar-refractivity contribution < 1.29 is 19.1 Å². The quantitative estimate of drug-likeness (QED) is 0.614. The van der Waals surface area contributed by atoms with Gasteiger partial charge in [-0.05, 0) is 68.7 Å². The van der Waals surface area contributed by atoms with Crippen LogP contribution in [0.2, 0.25) is 0 Å². The number of amides is 1. The maximum Gasteiger partial charge on any atom is 0.314 e. The number of rotatable bonds is 6. The minimum absolute atomic E-state index is 0.108. The Morgan fingerprint density at radius 1 is 1.17 bits per heavy atom. The summed E-state index contributed by atoms with van der Waals surface area (Å²) in [6.45, 7) is 7.08. The first kappa shape index (κ1) is 23.5. The third kappa shape index (κ3) is 3.63. The fourth-order valence-corrected chi connectivity index (χ4v) is 6.44. The second-order valence-electron chi connectivity index (χ2n) is 11.8. The fourth-order valence-electron chi connectivity index (χ4n) is 6.44. The molecule has 7 heteroatoms. The van der Waals surface area contributed by atoms with Crippen LogP contribution >= 0.6 is 0 Å². The van der Waals surface area contributed by atoms with Gasteiger partial charge in [-0.15, -0.1) is 0 Å². The molecule has 190 valence electrons.